The van der Waals surface area contributed by atoms with Gasteiger partial charge in [-0.1, -0.05) is 34.0 Å². The van der Waals surface area contributed by atoms with Crippen LogP contribution in [0.25, 0.3) is 0 Å². The molecule has 0 heterocycles. The van der Waals surface area contributed by atoms with Crippen LogP contribution < -0.4 is 0 Å². The topological polar surface area (TPSA) is 40.5 Å². The van der Waals surface area contributed by atoms with Gasteiger partial charge in [-0.25, -0.2) is 0 Å². The Bertz CT molecular complexity index is 357. The summed E-state index contributed by atoms with van der Waals surface area (Å²) < 4.78 is 0. The molecule has 0 aliphatic heterocycles. The maximum Gasteiger partial charge on any atom is 0.105 e. The van der Waals surface area contributed by atoms with Crippen LogP contribution in [0.3, 0.4) is 0 Å². The zero-order valence-electron chi connectivity index (χ0n) is 8.23. The molecular formula is C12H13BrO2. The third-order valence-electron chi connectivity index (χ3n) is 2.16. The molecule has 0 aliphatic rings. The van der Waals surface area contributed by atoms with Gasteiger partial charge in [0.25, 0.3) is 0 Å². The number of aliphatic hydroxyl groups is 2. The smallest absolute Gasteiger partial charge is 0.105 e. The van der Waals surface area contributed by atoms with Crippen molar-refractivity contribution < 1.29 is 10.2 Å². The van der Waals surface area contributed by atoms with Gasteiger partial charge >= 0.3 is 0 Å². The molecule has 0 aliphatic carbocycles. The predicted molar refractivity (Wildman–Crippen MR) is 63.8 cm³/mol. The molecule has 0 aromatic heterocycles. The zero-order chi connectivity index (χ0) is 11.3. The van der Waals surface area contributed by atoms with Crippen LogP contribution in [0, 0.1) is 12.3 Å². The normalized spacial score (nSPS) is 14.3. The lowest BCUT2D eigenvalue weighted by atomic mass is 10.0. The molecule has 1 aromatic carbocycles. The van der Waals surface area contributed by atoms with Gasteiger partial charge in [0.2, 0.25) is 0 Å². The Morgan fingerprint density at radius 1 is 1.40 bits per heavy atom. The van der Waals surface area contributed by atoms with E-state index in [0.29, 0.717) is 22.9 Å². The van der Waals surface area contributed by atoms with Gasteiger partial charge < -0.3 is 10.2 Å². The number of halogens is 1. The van der Waals surface area contributed by atoms with Crippen LogP contribution >= 0.6 is 15.9 Å². The zero-order valence-corrected chi connectivity index (χ0v) is 9.81. The van der Waals surface area contributed by atoms with Crippen molar-refractivity contribution in [1.29, 1.82) is 0 Å². The molecule has 0 saturated heterocycles. The molecule has 0 spiro atoms. The van der Waals surface area contributed by atoms with Gasteiger partial charge in [-0.15, -0.1) is 6.42 Å². The second-order valence-corrected chi connectivity index (χ2v) is 4.05. The predicted octanol–water partition coefficient (Wildman–Crippen LogP) is 1.85. The molecular weight excluding hydrogens is 256 g/mol. The van der Waals surface area contributed by atoms with Gasteiger partial charge in [-0.05, 0) is 24.1 Å². The van der Waals surface area contributed by atoms with E-state index in [2.05, 4.69) is 21.9 Å². The van der Waals surface area contributed by atoms with Crippen molar-refractivity contribution in [3.63, 3.8) is 0 Å². The summed E-state index contributed by atoms with van der Waals surface area (Å²) in [7, 11) is 0. The van der Waals surface area contributed by atoms with Gasteiger partial charge in [0.1, 0.15) is 6.10 Å². The van der Waals surface area contributed by atoms with Gasteiger partial charge in [0.05, 0.1) is 6.10 Å². The van der Waals surface area contributed by atoms with Crippen molar-refractivity contribution in [2.24, 2.45) is 0 Å². The van der Waals surface area contributed by atoms with Crippen molar-refractivity contribution in [2.75, 3.05) is 5.33 Å². The summed E-state index contributed by atoms with van der Waals surface area (Å²) in [5.74, 6) is 2.49. The highest BCUT2D eigenvalue weighted by molar-refractivity contribution is 9.09. The fraction of sp³-hybridized carbons (Fsp3) is 0.333. The highest BCUT2D eigenvalue weighted by Crippen LogP contribution is 2.20. The Morgan fingerprint density at radius 3 is 2.73 bits per heavy atom. The summed E-state index contributed by atoms with van der Waals surface area (Å²) in [6.07, 6.45) is 4.11. The van der Waals surface area contributed by atoms with E-state index in [0.717, 1.165) is 0 Å². The minimum Gasteiger partial charge on any atom is -0.390 e. The van der Waals surface area contributed by atoms with E-state index in [1.165, 1.54) is 0 Å². The summed E-state index contributed by atoms with van der Waals surface area (Å²) >= 11 is 3.22. The van der Waals surface area contributed by atoms with Crippen LogP contribution in [-0.2, 0) is 0 Å². The second kappa shape index (κ2) is 5.92. The lowest BCUT2D eigenvalue weighted by Gasteiger charge is -2.17. The van der Waals surface area contributed by atoms with Crippen molar-refractivity contribution >= 4 is 15.9 Å². The summed E-state index contributed by atoms with van der Waals surface area (Å²) in [6, 6.07) is 7.02. The average Bonchev–Trinajstić information content (AvgIpc) is 2.28. The lowest BCUT2D eigenvalue weighted by Crippen LogP contribution is -2.18. The van der Waals surface area contributed by atoms with E-state index < -0.39 is 12.2 Å². The first kappa shape index (κ1) is 12.3. The van der Waals surface area contributed by atoms with Crippen LogP contribution in [0.4, 0.5) is 0 Å². The van der Waals surface area contributed by atoms with Crippen LogP contribution in [0.5, 0.6) is 0 Å². The SMILES string of the molecule is C#Cc1cccc(C(O)C(O)CCBr)c1. The molecule has 1 rings (SSSR count). The molecule has 0 bridgehead atoms. The minimum atomic E-state index is -0.879. The van der Waals surface area contributed by atoms with Crippen molar-refractivity contribution in [1.82, 2.24) is 0 Å². The summed E-state index contributed by atoms with van der Waals surface area (Å²) in [5.41, 5.74) is 1.36. The minimum absolute atomic E-state index is 0.501. The number of rotatable bonds is 4. The number of terminal acetylenes is 1. The Hall–Kier alpha value is -0.820. The van der Waals surface area contributed by atoms with Crippen LogP contribution in [0.15, 0.2) is 24.3 Å². The standard InChI is InChI=1S/C12H13BrO2/c1-2-9-4-3-5-10(8-9)12(15)11(14)6-7-13/h1,3-5,8,11-12,14-15H,6-7H2. The monoisotopic (exact) mass is 268 g/mol. The van der Waals surface area contributed by atoms with Gasteiger partial charge in [-0.2, -0.15) is 0 Å². The maximum atomic E-state index is 9.80. The number of aliphatic hydroxyl groups excluding tert-OH is 2. The van der Waals surface area contributed by atoms with Crippen LogP contribution in [0.2, 0.25) is 0 Å². The van der Waals surface area contributed by atoms with Crippen molar-refractivity contribution in [2.45, 2.75) is 18.6 Å². The Kier molecular flexibility index (Phi) is 4.83. The molecule has 0 radical (unpaired) electrons. The van der Waals surface area contributed by atoms with Gasteiger partial charge in [-0.3, -0.25) is 0 Å². The first-order chi connectivity index (χ1) is 7.19. The molecule has 80 valence electrons. The fourth-order valence-electron chi connectivity index (χ4n) is 1.30. The lowest BCUT2D eigenvalue weighted by molar-refractivity contribution is 0.0173. The maximum absolute atomic E-state index is 9.80. The largest absolute Gasteiger partial charge is 0.390 e. The quantitative estimate of drug-likeness (QED) is 0.647. The highest BCUT2D eigenvalue weighted by atomic mass is 79.9. The van der Waals surface area contributed by atoms with Crippen molar-refractivity contribution in [3.8, 4) is 12.3 Å². The van der Waals surface area contributed by atoms with Crippen LogP contribution in [0.1, 0.15) is 23.7 Å². The van der Waals surface area contributed by atoms with E-state index in [9.17, 15) is 10.2 Å². The highest BCUT2D eigenvalue weighted by Gasteiger charge is 2.17. The molecule has 2 atom stereocenters. The Balaban J connectivity index is 2.82. The summed E-state index contributed by atoms with van der Waals surface area (Å²) in [5, 5.41) is 20.1. The Morgan fingerprint density at radius 2 is 2.13 bits per heavy atom. The summed E-state index contributed by atoms with van der Waals surface area (Å²) in [4.78, 5) is 0. The van der Waals surface area contributed by atoms with E-state index in [4.69, 9.17) is 6.42 Å². The van der Waals surface area contributed by atoms with E-state index in [1.807, 2.05) is 0 Å². The molecule has 0 amide bonds. The molecule has 3 heteroatoms. The Labute approximate surface area is 98.1 Å². The third kappa shape index (κ3) is 3.35. The average molecular weight is 269 g/mol. The third-order valence-corrected chi connectivity index (χ3v) is 2.62. The van der Waals surface area contributed by atoms with E-state index in [1.54, 1.807) is 24.3 Å². The van der Waals surface area contributed by atoms with E-state index >= 15 is 0 Å². The second-order valence-electron chi connectivity index (χ2n) is 3.26. The molecule has 0 saturated carbocycles. The summed E-state index contributed by atoms with van der Waals surface area (Å²) in [6.45, 7) is 0. The first-order valence-corrected chi connectivity index (χ1v) is 5.80. The van der Waals surface area contributed by atoms with Gasteiger partial charge in [0, 0.05) is 10.9 Å². The molecule has 2 nitrogen and oxygen atoms in total. The van der Waals surface area contributed by atoms with E-state index in [-0.39, 0.29) is 0 Å². The molecule has 0 fully saturated rings. The first-order valence-electron chi connectivity index (χ1n) is 4.67. The number of benzene rings is 1. The molecule has 15 heavy (non-hydrogen) atoms. The number of alkyl halides is 1. The molecule has 1 aromatic rings. The number of hydrogen-bond donors (Lipinski definition) is 2. The molecule has 2 N–H and O–H groups in total. The van der Waals surface area contributed by atoms with Gasteiger partial charge in [0.15, 0.2) is 0 Å². The van der Waals surface area contributed by atoms with Crippen LogP contribution in [-0.4, -0.2) is 21.6 Å². The number of hydrogen-bond acceptors (Lipinski definition) is 2. The molecule has 2 unspecified atom stereocenters. The fourth-order valence-corrected chi connectivity index (χ4v) is 1.77. The van der Waals surface area contributed by atoms with Crippen molar-refractivity contribution in [3.05, 3.63) is 35.4 Å².